The number of fused-ring (bicyclic) bond motifs is 1. The molecule has 1 aliphatic heterocycles. The first kappa shape index (κ1) is 23.6. The van der Waals surface area contributed by atoms with Crippen LogP contribution in [0.5, 0.6) is 11.5 Å². The molecule has 0 spiro atoms. The van der Waals surface area contributed by atoms with Gasteiger partial charge in [-0.2, -0.15) is 0 Å². The SMILES string of the molecule is COc1cc(C(=O)Nc2ccc(-c3nnc4n3CCCCC4)cc2)ccc1OCc1c(C)noc1C. The Balaban J connectivity index is 1.26. The van der Waals surface area contributed by atoms with Gasteiger partial charge in [0.1, 0.15) is 18.2 Å². The quantitative estimate of drug-likeness (QED) is 0.386. The summed E-state index contributed by atoms with van der Waals surface area (Å²) in [6, 6.07) is 12.8. The Labute approximate surface area is 209 Å². The van der Waals surface area contributed by atoms with Crippen molar-refractivity contribution in [3.8, 4) is 22.9 Å². The van der Waals surface area contributed by atoms with Crippen LogP contribution in [0.1, 0.15) is 52.5 Å². The van der Waals surface area contributed by atoms with Gasteiger partial charge in [0.25, 0.3) is 5.91 Å². The molecule has 1 amide bonds. The van der Waals surface area contributed by atoms with E-state index in [1.54, 1.807) is 25.3 Å². The molecule has 0 saturated heterocycles. The molecule has 0 radical (unpaired) electrons. The summed E-state index contributed by atoms with van der Waals surface area (Å²) in [6.45, 7) is 4.95. The highest BCUT2D eigenvalue weighted by molar-refractivity contribution is 6.04. The van der Waals surface area contributed by atoms with Crippen LogP contribution in [0.25, 0.3) is 11.4 Å². The minimum atomic E-state index is -0.241. The molecule has 1 N–H and O–H groups in total. The number of hydrogen-bond donors (Lipinski definition) is 1. The summed E-state index contributed by atoms with van der Waals surface area (Å²) in [5, 5.41) is 15.7. The number of benzene rings is 2. The maximum atomic E-state index is 12.9. The number of amides is 1. The number of anilines is 1. The fourth-order valence-corrected chi connectivity index (χ4v) is 4.39. The second kappa shape index (κ2) is 10.2. The van der Waals surface area contributed by atoms with Crippen molar-refractivity contribution in [2.24, 2.45) is 0 Å². The van der Waals surface area contributed by atoms with Crippen molar-refractivity contribution < 1.29 is 18.8 Å². The van der Waals surface area contributed by atoms with Crippen molar-refractivity contribution in [1.29, 1.82) is 0 Å². The Bertz CT molecular complexity index is 1350. The number of hydrogen-bond acceptors (Lipinski definition) is 7. The number of carbonyl (C=O) groups excluding carboxylic acids is 1. The van der Waals surface area contributed by atoms with Gasteiger partial charge >= 0.3 is 0 Å². The lowest BCUT2D eigenvalue weighted by Gasteiger charge is -2.13. The minimum absolute atomic E-state index is 0.241. The lowest BCUT2D eigenvalue weighted by molar-refractivity contribution is 0.102. The molecule has 0 fully saturated rings. The topological polar surface area (TPSA) is 104 Å². The van der Waals surface area contributed by atoms with Crippen molar-refractivity contribution in [1.82, 2.24) is 19.9 Å². The van der Waals surface area contributed by atoms with Crippen LogP contribution in [0.2, 0.25) is 0 Å². The molecule has 3 heterocycles. The van der Waals surface area contributed by atoms with Gasteiger partial charge in [0.15, 0.2) is 17.3 Å². The standard InChI is InChI=1S/C27H29N5O4/c1-17-22(18(2)36-31-17)16-35-23-13-10-20(15-24(23)34-3)27(33)28-21-11-8-19(9-12-21)26-30-29-25-7-5-4-6-14-32(25)26/h8-13,15H,4-7,14,16H2,1-3H3,(H,28,33). The number of carbonyl (C=O) groups is 1. The van der Waals surface area contributed by atoms with Gasteiger partial charge in [-0.25, -0.2) is 0 Å². The van der Waals surface area contributed by atoms with Gasteiger partial charge in [-0.05, 0) is 69.2 Å². The van der Waals surface area contributed by atoms with Crippen LogP contribution in [-0.2, 0) is 19.6 Å². The molecule has 1 aliphatic rings. The lowest BCUT2D eigenvalue weighted by atomic mass is 10.1. The van der Waals surface area contributed by atoms with E-state index in [0.29, 0.717) is 35.1 Å². The first-order valence-electron chi connectivity index (χ1n) is 12.1. The number of aryl methyl sites for hydroxylation is 3. The molecule has 2 aromatic carbocycles. The van der Waals surface area contributed by atoms with Gasteiger partial charge in [0, 0.05) is 29.8 Å². The number of ether oxygens (including phenoxy) is 2. The summed E-state index contributed by atoms with van der Waals surface area (Å²) in [6.07, 6.45) is 4.47. The third-order valence-corrected chi connectivity index (χ3v) is 6.49. The number of rotatable bonds is 7. The van der Waals surface area contributed by atoms with E-state index in [9.17, 15) is 4.79 Å². The molecule has 9 heteroatoms. The third kappa shape index (κ3) is 4.82. The van der Waals surface area contributed by atoms with Crippen molar-refractivity contribution in [2.75, 3.05) is 12.4 Å². The van der Waals surface area contributed by atoms with Crippen molar-refractivity contribution in [3.63, 3.8) is 0 Å². The number of aromatic nitrogens is 4. The van der Waals surface area contributed by atoms with Gasteiger partial charge in [0.05, 0.1) is 18.4 Å². The first-order valence-corrected chi connectivity index (χ1v) is 12.1. The highest BCUT2D eigenvalue weighted by atomic mass is 16.5. The predicted octanol–water partition coefficient (Wildman–Crippen LogP) is 5.12. The van der Waals surface area contributed by atoms with Crippen LogP contribution in [0.4, 0.5) is 5.69 Å². The summed E-state index contributed by atoms with van der Waals surface area (Å²) >= 11 is 0. The van der Waals surface area contributed by atoms with Gasteiger partial charge in [-0.15, -0.1) is 10.2 Å². The van der Waals surface area contributed by atoms with Gasteiger partial charge < -0.3 is 23.9 Å². The molecule has 4 aromatic rings. The maximum absolute atomic E-state index is 12.9. The summed E-state index contributed by atoms with van der Waals surface area (Å²) in [5.74, 6) is 3.40. The monoisotopic (exact) mass is 487 g/mol. The molecule has 0 atom stereocenters. The normalized spacial score (nSPS) is 13.1. The second-order valence-electron chi connectivity index (χ2n) is 8.89. The van der Waals surface area contributed by atoms with E-state index in [1.165, 1.54) is 6.42 Å². The van der Waals surface area contributed by atoms with Crippen LogP contribution < -0.4 is 14.8 Å². The van der Waals surface area contributed by atoms with Gasteiger partial charge in [-0.3, -0.25) is 4.79 Å². The van der Waals surface area contributed by atoms with Crippen LogP contribution in [0, 0.1) is 13.8 Å². The van der Waals surface area contributed by atoms with E-state index >= 15 is 0 Å². The Morgan fingerprint density at radius 1 is 1.06 bits per heavy atom. The fourth-order valence-electron chi connectivity index (χ4n) is 4.39. The third-order valence-electron chi connectivity index (χ3n) is 6.49. The fraction of sp³-hybridized carbons (Fsp3) is 0.333. The van der Waals surface area contributed by atoms with E-state index in [0.717, 1.165) is 54.3 Å². The summed E-state index contributed by atoms with van der Waals surface area (Å²) < 4.78 is 18.8. The highest BCUT2D eigenvalue weighted by Gasteiger charge is 2.17. The largest absolute Gasteiger partial charge is 0.493 e. The van der Waals surface area contributed by atoms with E-state index in [2.05, 4.69) is 25.2 Å². The molecule has 36 heavy (non-hydrogen) atoms. The van der Waals surface area contributed by atoms with Crippen LogP contribution in [0.3, 0.4) is 0 Å². The Morgan fingerprint density at radius 2 is 1.89 bits per heavy atom. The molecule has 0 unspecified atom stereocenters. The minimum Gasteiger partial charge on any atom is -0.493 e. The van der Waals surface area contributed by atoms with E-state index in [4.69, 9.17) is 14.0 Å². The first-order chi connectivity index (χ1) is 17.5. The zero-order valence-electron chi connectivity index (χ0n) is 20.7. The molecule has 0 aliphatic carbocycles. The Hall–Kier alpha value is -4.14. The van der Waals surface area contributed by atoms with E-state index < -0.39 is 0 Å². The summed E-state index contributed by atoms with van der Waals surface area (Å²) in [5.41, 5.74) is 3.81. The lowest BCUT2D eigenvalue weighted by Crippen LogP contribution is -2.12. The van der Waals surface area contributed by atoms with Crippen LogP contribution in [0.15, 0.2) is 47.0 Å². The molecule has 0 saturated carbocycles. The second-order valence-corrected chi connectivity index (χ2v) is 8.89. The smallest absolute Gasteiger partial charge is 0.255 e. The van der Waals surface area contributed by atoms with Crippen LogP contribution in [-0.4, -0.2) is 32.9 Å². The van der Waals surface area contributed by atoms with E-state index in [-0.39, 0.29) is 5.91 Å². The van der Waals surface area contributed by atoms with Crippen LogP contribution >= 0.6 is 0 Å². The van der Waals surface area contributed by atoms with Gasteiger partial charge in [-0.1, -0.05) is 11.6 Å². The van der Waals surface area contributed by atoms with Crippen molar-refractivity contribution >= 4 is 11.6 Å². The summed E-state index contributed by atoms with van der Waals surface area (Å²) in [4.78, 5) is 12.9. The Morgan fingerprint density at radius 3 is 2.64 bits per heavy atom. The van der Waals surface area contributed by atoms with Gasteiger partial charge in [0.2, 0.25) is 0 Å². The van der Waals surface area contributed by atoms with E-state index in [1.807, 2.05) is 38.1 Å². The molecule has 0 bridgehead atoms. The maximum Gasteiger partial charge on any atom is 0.255 e. The Kier molecular flexibility index (Phi) is 6.71. The predicted molar refractivity (Wildman–Crippen MR) is 134 cm³/mol. The number of methoxy groups -OCH3 is 1. The zero-order chi connectivity index (χ0) is 25.1. The molecule has 186 valence electrons. The van der Waals surface area contributed by atoms with Crippen molar-refractivity contribution in [2.45, 2.75) is 52.7 Å². The molecule has 9 nitrogen and oxygen atoms in total. The average molecular weight is 488 g/mol. The zero-order valence-corrected chi connectivity index (χ0v) is 20.7. The molecular weight excluding hydrogens is 458 g/mol. The van der Waals surface area contributed by atoms with Crippen molar-refractivity contribution in [3.05, 3.63) is 70.9 Å². The summed E-state index contributed by atoms with van der Waals surface area (Å²) in [7, 11) is 1.55. The highest BCUT2D eigenvalue weighted by Crippen LogP contribution is 2.30. The number of nitrogens with one attached hydrogen (secondary N) is 1. The average Bonchev–Trinajstić information content (AvgIpc) is 3.35. The molecule has 2 aromatic heterocycles. The molecular formula is C27H29N5O4. The molecule has 5 rings (SSSR count). The number of nitrogens with zero attached hydrogens (tertiary/aromatic N) is 4.